The Morgan fingerprint density at radius 3 is 2.30 bits per heavy atom. The number of hydrogen-bond donors (Lipinski definition) is 3. The number of aliphatic carboxylic acids is 1. The third-order valence-electron chi connectivity index (χ3n) is 3.84. The Hall–Kier alpha value is -1.88. The van der Waals surface area contributed by atoms with Gasteiger partial charge in [-0.3, -0.25) is 9.59 Å². The lowest BCUT2D eigenvalue weighted by atomic mass is 9.95. The molecule has 1 aromatic carbocycles. The monoisotopic (exact) mass is 277 g/mol. The molecule has 3 N–H and O–H groups in total. The molecule has 0 saturated heterocycles. The largest absolute Gasteiger partial charge is 0.481 e. The molecule has 1 aliphatic carbocycles. The molecule has 0 heterocycles. The van der Waals surface area contributed by atoms with Crippen molar-refractivity contribution in [2.24, 2.45) is 11.8 Å². The van der Waals surface area contributed by atoms with Crippen molar-refractivity contribution in [2.75, 3.05) is 0 Å². The second-order valence-corrected chi connectivity index (χ2v) is 5.17. The fourth-order valence-corrected chi connectivity index (χ4v) is 2.65. The topological polar surface area (TPSA) is 86.6 Å². The summed E-state index contributed by atoms with van der Waals surface area (Å²) >= 11 is 0. The van der Waals surface area contributed by atoms with E-state index in [0.717, 1.165) is 17.5 Å². The molecule has 2 atom stereocenters. The number of amides is 1. The summed E-state index contributed by atoms with van der Waals surface area (Å²) in [4.78, 5) is 23.1. The number of benzene rings is 1. The van der Waals surface area contributed by atoms with E-state index in [0.29, 0.717) is 19.4 Å². The zero-order valence-corrected chi connectivity index (χ0v) is 11.2. The Morgan fingerprint density at radius 1 is 1.10 bits per heavy atom. The van der Waals surface area contributed by atoms with Gasteiger partial charge >= 0.3 is 5.97 Å². The van der Waals surface area contributed by atoms with Crippen LogP contribution in [0.15, 0.2) is 24.3 Å². The van der Waals surface area contributed by atoms with Gasteiger partial charge in [0.05, 0.1) is 18.4 Å². The van der Waals surface area contributed by atoms with Crippen LogP contribution in [0.4, 0.5) is 0 Å². The molecule has 0 unspecified atom stereocenters. The lowest BCUT2D eigenvalue weighted by Gasteiger charge is -2.15. The first-order chi connectivity index (χ1) is 9.61. The van der Waals surface area contributed by atoms with Crippen LogP contribution in [0.1, 0.15) is 30.4 Å². The second-order valence-electron chi connectivity index (χ2n) is 5.17. The summed E-state index contributed by atoms with van der Waals surface area (Å²) in [7, 11) is 0. The third kappa shape index (κ3) is 3.36. The second kappa shape index (κ2) is 6.52. The Balaban J connectivity index is 1.89. The fraction of sp³-hybridized carbons (Fsp3) is 0.467. The maximum Gasteiger partial charge on any atom is 0.307 e. The van der Waals surface area contributed by atoms with E-state index in [1.807, 2.05) is 12.1 Å². The third-order valence-corrected chi connectivity index (χ3v) is 3.84. The van der Waals surface area contributed by atoms with Gasteiger partial charge in [0.25, 0.3) is 0 Å². The maximum absolute atomic E-state index is 12.0. The summed E-state index contributed by atoms with van der Waals surface area (Å²) in [5.74, 6) is -2.02. The first-order valence-electron chi connectivity index (χ1n) is 6.81. The Morgan fingerprint density at radius 2 is 1.70 bits per heavy atom. The van der Waals surface area contributed by atoms with E-state index in [-0.39, 0.29) is 12.5 Å². The summed E-state index contributed by atoms with van der Waals surface area (Å²) in [6.45, 7) is 0.377. The average molecular weight is 277 g/mol. The minimum absolute atomic E-state index is 0.00496. The standard InChI is InChI=1S/C15H19NO4/c17-9-11-6-4-10(5-7-11)8-16-14(18)12-2-1-3-13(12)15(19)20/h4-7,12-13,17H,1-3,8-9H2,(H,16,18)(H,19,20)/t12-,13+/m1/s1. The number of carboxylic acid groups (broad SMARTS) is 1. The summed E-state index contributed by atoms with van der Waals surface area (Å²) in [5.41, 5.74) is 1.75. The molecule has 0 aliphatic heterocycles. The minimum atomic E-state index is -0.880. The van der Waals surface area contributed by atoms with Crippen molar-refractivity contribution in [1.29, 1.82) is 0 Å². The van der Waals surface area contributed by atoms with Crippen LogP contribution in [0.3, 0.4) is 0 Å². The summed E-state index contributed by atoms with van der Waals surface area (Å²) < 4.78 is 0. The lowest BCUT2D eigenvalue weighted by molar-refractivity contribution is -0.146. The predicted molar refractivity (Wildman–Crippen MR) is 72.7 cm³/mol. The fourth-order valence-electron chi connectivity index (χ4n) is 2.65. The summed E-state index contributed by atoms with van der Waals surface area (Å²) in [6, 6.07) is 7.29. The molecule has 20 heavy (non-hydrogen) atoms. The van der Waals surface area contributed by atoms with Crippen LogP contribution in [-0.2, 0) is 22.7 Å². The molecule has 1 aromatic rings. The van der Waals surface area contributed by atoms with Gasteiger partial charge in [0.15, 0.2) is 0 Å². The van der Waals surface area contributed by atoms with E-state index in [2.05, 4.69) is 5.32 Å². The molecule has 5 nitrogen and oxygen atoms in total. The number of carbonyl (C=O) groups is 2. The van der Waals surface area contributed by atoms with Gasteiger partial charge in [0, 0.05) is 6.54 Å². The smallest absolute Gasteiger partial charge is 0.307 e. The van der Waals surface area contributed by atoms with E-state index in [1.165, 1.54) is 0 Å². The molecule has 2 rings (SSSR count). The van der Waals surface area contributed by atoms with Crippen molar-refractivity contribution < 1.29 is 19.8 Å². The molecule has 0 bridgehead atoms. The highest BCUT2D eigenvalue weighted by Crippen LogP contribution is 2.32. The van der Waals surface area contributed by atoms with Gasteiger partial charge in [-0.15, -0.1) is 0 Å². The van der Waals surface area contributed by atoms with Crippen molar-refractivity contribution in [3.63, 3.8) is 0 Å². The van der Waals surface area contributed by atoms with Crippen molar-refractivity contribution in [3.8, 4) is 0 Å². The van der Waals surface area contributed by atoms with Gasteiger partial charge in [-0.25, -0.2) is 0 Å². The van der Waals surface area contributed by atoms with Gasteiger partial charge < -0.3 is 15.5 Å². The molecule has 0 aromatic heterocycles. The van der Waals surface area contributed by atoms with Crippen LogP contribution >= 0.6 is 0 Å². The normalized spacial score (nSPS) is 21.6. The Labute approximate surface area is 117 Å². The highest BCUT2D eigenvalue weighted by Gasteiger charge is 2.37. The molecule has 1 aliphatic rings. The van der Waals surface area contributed by atoms with Crippen LogP contribution in [-0.4, -0.2) is 22.1 Å². The molecule has 0 radical (unpaired) electrons. The summed E-state index contributed by atoms with van der Waals surface area (Å²) in [6.07, 6.45) is 2.02. The van der Waals surface area contributed by atoms with Crippen LogP contribution < -0.4 is 5.32 Å². The first-order valence-corrected chi connectivity index (χ1v) is 6.81. The summed E-state index contributed by atoms with van der Waals surface area (Å²) in [5, 5.41) is 20.8. The molecular weight excluding hydrogens is 258 g/mol. The van der Waals surface area contributed by atoms with Gasteiger partial charge in [-0.1, -0.05) is 30.7 Å². The van der Waals surface area contributed by atoms with Gasteiger partial charge in [0.1, 0.15) is 0 Å². The maximum atomic E-state index is 12.0. The number of rotatable bonds is 5. The van der Waals surface area contributed by atoms with Gasteiger partial charge in [-0.2, -0.15) is 0 Å². The number of hydrogen-bond acceptors (Lipinski definition) is 3. The minimum Gasteiger partial charge on any atom is -0.481 e. The van der Waals surface area contributed by atoms with Crippen LogP contribution in [0, 0.1) is 11.8 Å². The van der Waals surface area contributed by atoms with E-state index in [4.69, 9.17) is 10.2 Å². The first kappa shape index (κ1) is 14.5. The van der Waals surface area contributed by atoms with Crippen molar-refractivity contribution in [2.45, 2.75) is 32.4 Å². The molecule has 1 saturated carbocycles. The Kier molecular flexibility index (Phi) is 4.74. The lowest BCUT2D eigenvalue weighted by Crippen LogP contribution is -2.34. The molecule has 1 fully saturated rings. The van der Waals surface area contributed by atoms with E-state index < -0.39 is 17.8 Å². The SMILES string of the molecule is O=C(O)[C@H]1CCC[C@H]1C(=O)NCc1ccc(CO)cc1. The zero-order chi connectivity index (χ0) is 14.5. The zero-order valence-electron chi connectivity index (χ0n) is 11.2. The van der Waals surface area contributed by atoms with Gasteiger partial charge in [0.2, 0.25) is 5.91 Å². The van der Waals surface area contributed by atoms with E-state index in [1.54, 1.807) is 12.1 Å². The Bertz CT molecular complexity index is 483. The van der Waals surface area contributed by atoms with Crippen molar-refractivity contribution in [1.82, 2.24) is 5.32 Å². The van der Waals surface area contributed by atoms with E-state index in [9.17, 15) is 9.59 Å². The molecule has 1 amide bonds. The van der Waals surface area contributed by atoms with E-state index >= 15 is 0 Å². The molecule has 108 valence electrons. The quantitative estimate of drug-likeness (QED) is 0.757. The van der Waals surface area contributed by atoms with Crippen molar-refractivity contribution in [3.05, 3.63) is 35.4 Å². The highest BCUT2D eigenvalue weighted by molar-refractivity contribution is 5.85. The van der Waals surface area contributed by atoms with Crippen molar-refractivity contribution >= 4 is 11.9 Å². The number of nitrogens with one attached hydrogen (secondary N) is 1. The number of carboxylic acids is 1. The van der Waals surface area contributed by atoms with Gasteiger partial charge in [-0.05, 0) is 24.0 Å². The molecule has 5 heteroatoms. The number of carbonyl (C=O) groups excluding carboxylic acids is 1. The van der Waals surface area contributed by atoms with Crippen LogP contribution in [0.2, 0.25) is 0 Å². The highest BCUT2D eigenvalue weighted by atomic mass is 16.4. The molecular formula is C15H19NO4. The average Bonchev–Trinajstić information content (AvgIpc) is 2.95. The number of aliphatic hydroxyl groups is 1. The van der Waals surface area contributed by atoms with Crippen LogP contribution in [0.5, 0.6) is 0 Å². The number of aliphatic hydroxyl groups excluding tert-OH is 1. The van der Waals surface area contributed by atoms with Crippen LogP contribution in [0.25, 0.3) is 0 Å². The predicted octanol–water partition coefficient (Wildman–Crippen LogP) is 1.30. The molecule has 0 spiro atoms.